The van der Waals surface area contributed by atoms with Gasteiger partial charge in [-0.1, -0.05) is 6.32 Å². The Morgan fingerprint density at radius 3 is 2.67 bits per heavy atom. The maximum absolute atomic E-state index is 9.10. The predicted molar refractivity (Wildman–Crippen MR) is 45.7 cm³/mol. The second kappa shape index (κ2) is 3.21. The van der Waals surface area contributed by atoms with Crippen LogP contribution in [0.4, 0.5) is 0 Å². The van der Waals surface area contributed by atoms with Crippen LogP contribution in [0.1, 0.15) is 6.42 Å². The first kappa shape index (κ1) is 7.82. The van der Waals surface area contributed by atoms with Crippen LogP contribution < -0.4 is 0 Å². The molecule has 1 fully saturated rings. The normalized spacial score (nSPS) is 37.6. The Morgan fingerprint density at radius 2 is 2.44 bits per heavy atom. The van der Waals surface area contributed by atoms with E-state index in [-0.39, 0.29) is 6.10 Å². The Bertz CT molecular complexity index is 103. The molecule has 4 heteroatoms. The van der Waals surface area contributed by atoms with Crippen molar-refractivity contribution in [3.63, 3.8) is 0 Å². The highest BCUT2D eigenvalue weighted by Gasteiger charge is 2.26. The Balaban J connectivity index is 2.38. The number of hydrogen-bond acceptors (Lipinski definition) is 2. The molecule has 0 aliphatic carbocycles. The average molecular weight is 237 g/mol. The first-order chi connectivity index (χ1) is 4.24. The Hall–Kier alpha value is 0.715. The molecule has 2 unspecified atom stereocenters. The van der Waals surface area contributed by atoms with Gasteiger partial charge in [0.25, 0.3) is 0 Å². The molecule has 2 radical (unpaired) electrons. The van der Waals surface area contributed by atoms with Gasteiger partial charge in [-0.15, -0.1) is 0 Å². The van der Waals surface area contributed by atoms with E-state index in [1.54, 1.807) is 0 Å². The van der Waals surface area contributed by atoms with Crippen LogP contribution in [-0.4, -0.2) is 34.8 Å². The van der Waals surface area contributed by atoms with Crippen molar-refractivity contribution in [3.05, 3.63) is 0 Å². The van der Waals surface area contributed by atoms with Crippen LogP contribution in [0.3, 0.4) is 0 Å². The molecule has 9 heavy (non-hydrogen) atoms. The van der Waals surface area contributed by atoms with Crippen molar-refractivity contribution in [2.24, 2.45) is 0 Å². The average Bonchev–Trinajstić information content (AvgIpc) is 2.10. The lowest BCUT2D eigenvalue weighted by molar-refractivity contribution is 0.191. The van der Waals surface area contributed by atoms with E-state index in [9.17, 15) is 0 Å². The number of halogens is 1. The maximum Gasteiger partial charge on any atom is 0.0690 e. The van der Waals surface area contributed by atoms with Crippen LogP contribution in [0.5, 0.6) is 0 Å². The SMILES string of the molecule is [B]CC1CC(O)CN1I. The zero-order valence-electron chi connectivity index (χ0n) is 5.13. The van der Waals surface area contributed by atoms with E-state index in [2.05, 4.69) is 26.0 Å². The molecular formula is C5H9BINO. The van der Waals surface area contributed by atoms with Crippen LogP contribution >= 0.6 is 22.9 Å². The summed E-state index contributed by atoms with van der Waals surface area (Å²) in [6, 6.07) is 0.389. The van der Waals surface area contributed by atoms with Crippen LogP contribution in [0.2, 0.25) is 6.32 Å². The standard InChI is InChI=1S/C5H9BINO/c6-2-4-1-5(9)3-8(4)7/h4-5,9H,1-3H2. The molecule has 2 atom stereocenters. The molecule has 0 aromatic heterocycles. The summed E-state index contributed by atoms with van der Waals surface area (Å²) in [5, 5.41) is 9.10. The monoisotopic (exact) mass is 237 g/mol. The van der Waals surface area contributed by atoms with E-state index in [0.717, 1.165) is 13.0 Å². The number of hydrogen-bond donors (Lipinski definition) is 1. The third kappa shape index (κ3) is 1.81. The second-order valence-corrected chi connectivity index (χ2v) is 3.60. The first-order valence-corrected chi connectivity index (χ1v) is 4.01. The summed E-state index contributed by atoms with van der Waals surface area (Å²) in [6.45, 7) is 0.766. The first-order valence-electron chi connectivity index (χ1n) is 3.04. The van der Waals surface area contributed by atoms with Gasteiger partial charge in [0.05, 0.1) is 14.0 Å². The topological polar surface area (TPSA) is 23.5 Å². The largest absolute Gasteiger partial charge is 0.392 e. The molecule has 1 saturated heterocycles. The summed E-state index contributed by atoms with van der Waals surface area (Å²) < 4.78 is 2.07. The molecule has 0 aromatic carbocycles. The summed E-state index contributed by atoms with van der Waals surface area (Å²) >= 11 is 2.20. The molecule has 1 aliphatic rings. The van der Waals surface area contributed by atoms with Gasteiger partial charge in [0.1, 0.15) is 0 Å². The summed E-state index contributed by atoms with van der Waals surface area (Å²) in [5.41, 5.74) is 0. The molecule has 1 heterocycles. The van der Waals surface area contributed by atoms with Crippen LogP contribution in [0.15, 0.2) is 0 Å². The minimum atomic E-state index is -0.157. The lowest BCUT2D eigenvalue weighted by atomic mass is 9.96. The van der Waals surface area contributed by atoms with Gasteiger partial charge < -0.3 is 5.11 Å². The van der Waals surface area contributed by atoms with E-state index in [4.69, 9.17) is 13.0 Å². The van der Waals surface area contributed by atoms with Gasteiger partial charge in [0.2, 0.25) is 0 Å². The highest BCUT2D eigenvalue weighted by Crippen LogP contribution is 2.23. The van der Waals surface area contributed by atoms with Gasteiger partial charge in [-0.05, 0) is 6.42 Å². The minimum absolute atomic E-state index is 0.157. The van der Waals surface area contributed by atoms with Gasteiger partial charge in [0.15, 0.2) is 0 Å². The zero-order chi connectivity index (χ0) is 6.85. The van der Waals surface area contributed by atoms with Gasteiger partial charge >= 0.3 is 0 Å². The van der Waals surface area contributed by atoms with Crippen LogP contribution in [-0.2, 0) is 0 Å². The summed E-state index contributed by atoms with van der Waals surface area (Å²) in [6.07, 6.45) is 1.33. The molecule has 1 N–H and O–H groups in total. The van der Waals surface area contributed by atoms with Crippen molar-refractivity contribution in [1.82, 2.24) is 3.11 Å². The Morgan fingerprint density at radius 1 is 1.78 bits per heavy atom. The third-order valence-corrected chi connectivity index (χ3v) is 2.78. The smallest absolute Gasteiger partial charge is 0.0690 e. The van der Waals surface area contributed by atoms with E-state index in [1.165, 1.54) is 0 Å². The molecule has 2 nitrogen and oxygen atoms in total. The van der Waals surface area contributed by atoms with Gasteiger partial charge in [0, 0.05) is 35.5 Å². The summed E-state index contributed by atoms with van der Waals surface area (Å²) in [7, 11) is 5.43. The molecule has 0 spiro atoms. The zero-order valence-corrected chi connectivity index (χ0v) is 7.28. The number of aliphatic hydroxyl groups excluding tert-OH is 1. The van der Waals surface area contributed by atoms with Gasteiger partial charge in [-0.2, -0.15) is 0 Å². The molecule has 0 aromatic rings. The summed E-state index contributed by atoms with van der Waals surface area (Å²) in [5.74, 6) is 0. The number of rotatable bonds is 1. The lowest BCUT2D eigenvalue weighted by Gasteiger charge is -2.13. The van der Waals surface area contributed by atoms with Gasteiger partial charge in [-0.3, -0.25) is 0 Å². The molecule has 1 rings (SSSR count). The summed E-state index contributed by atoms with van der Waals surface area (Å²) in [4.78, 5) is 0. The van der Waals surface area contributed by atoms with E-state index in [1.807, 2.05) is 0 Å². The molecule has 50 valence electrons. The van der Waals surface area contributed by atoms with Crippen molar-refractivity contribution in [2.75, 3.05) is 6.54 Å². The van der Waals surface area contributed by atoms with Crippen LogP contribution in [0, 0.1) is 0 Å². The van der Waals surface area contributed by atoms with E-state index >= 15 is 0 Å². The third-order valence-electron chi connectivity index (χ3n) is 1.60. The van der Waals surface area contributed by atoms with Crippen molar-refractivity contribution in [3.8, 4) is 0 Å². The van der Waals surface area contributed by atoms with E-state index in [0.29, 0.717) is 12.4 Å². The highest BCUT2D eigenvalue weighted by atomic mass is 127. The number of β-amino-alcohol motifs (C(OH)–C–C–N with tert-alkyl or cyclic N) is 1. The number of nitrogens with zero attached hydrogens (tertiary/aromatic N) is 1. The Kier molecular flexibility index (Phi) is 2.79. The quantitative estimate of drug-likeness (QED) is 0.404. The lowest BCUT2D eigenvalue weighted by Crippen LogP contribution is -2.17. The van der Waals surface area contributed by atoms with Crippen molar-refractivity contribution < 1.29 is 5.11 Å². The predicted octanol–water partition coefficient (Wildman–Crippen LogP) is 0.358. The fourth-order valence-electron chi connectivity index (χ4n) is 1.06. The molecule has 0 amide bonds. The van der Waals surface area contributed by atoms with Gasteiger partial charge in [-0.25, -0.2) is 3.11 Å². The fraction of sp³-hybridized carbons (Fsp3) is 1.00. The van der Waals surface area contributed by atoms with Crippen LogP contribution in [0.25, 0.3) is 0 Å². The van der Waals surface area contributed by atoms with Crippen molar-refractivity contribution in [1.29, 1.82) is 0 Å². The molecule has 0 bridgehead atoms. The Labute approximate surface area is 70.5 Å². The molecular weight excluding hydrogens is 228 g/mol. The molecule has 0 saturated carbocycles. The van der Waals surface area contributed by atoms with Crippen molar-refractivity contribution >= 4 is 30.7 Å². The molecule has 1 aliphatic heterocycles. The minimum Gasteiger partial charge on any atom is -0.392 e. The second-order valence-electron chi connectivity index (χ2n) is 2.36. The maximum atomic E-state index is 9.10. The number of aliphatic hydroxyl groups is 1. The van der Waals surface area contributed by atoms with E-state index < -0.39 is 0 Å². The highest BCUT2D eigenvalue weighted by molar-refractivity contribution is 14.1. The fourth-order valence-corrected chi connectivity index (χ4v) is 1.97. The van der Waals surface area contributed by atoms with Crippen molar-refractivity contribution in [2.45, 2.75) is 24.9 Å².